The van der Waals surface area contributed by atoms with Crippen molar-refractivity contribution < 1.29 is 14.6 Å². The molecule has 1 fully saturated rings. The van der Waals surface area contributed by atoms with Crippen LogP contribution in [-0.4, -0.2) is 62.7 Å². The van der Waals surface area contributed by atoms with Crippen molar-refractivity contribution in [1.82, 2.24) is 4.90 Å². The second-order valence-corrected chi connectivity index (χ2v) is 4.08. The molecule has 1 aliphatic heterocycles. The van der Waals surface area contributed by atoms with Gasteiger partial charge in [0.25, 0.3) is 0 Å². The van der Waals surface area contributed by atoms with Gasteiger partial charge in [-0.15, -0.1) is 0 Å². The lowest BCUT2D eigenvalue weighted by Crippen LogP contribution is -2.41. The smallest absolute Gasteiger partial charge is 0.0624 e. The number of hydrogen-bond acceptors (Lipinski definition) is 4. The van der Waals surface area contributed by atoms with Crippen LogP contribution in [0.15, 0.2) is 0 Å². The highest BCUT2D eigenvalue weighted by molar-refractivity contribution is 4.75. The van der Waals surface area contributed by atoms with Crippen molar-refractivity contribution in [3.63, 3.8) is 0 Å². The van der Waals surface area contributed by atoms with E-state index in [1.807, 2.05) is 0 Å². The van der Waals surface area contributed by atoms with Gasteiger partial charge in [-0.05, 0) is 13.0 Å². The first kappa shape index (κ1) is 12.9. The van der Waals surface area contributed by atoms with E-state index in [-0.39, 0.29) is 12.0 Å². The Morgan fingerprint density at radius 1 is 1.53 bits per heavy atom. The maximum Gasteiger partial charge on any atom is 0.0624 e. The first-order valence-corrected chi connectivity index (χ1v) is 5.75. The third-order valence-electron chi connectivity index (χ3n) is 2.99. The summed E-state index contributed by atoms with van der Waals surface area (Å²) in [5, 5.41) is 9.80. The quantitative estimate of drug-likeness (QED) is 0.697. The zero-order valence-electron chi connectivity index (χ0n) is 9.82. The molecule has 0 spiro atoms. The molecule has 4 heteroatoms. The van der Waals surface area contributed by atoms with E-state index in [4.69, 9.17) is 9.47 Å². The molecule has 0 amide bonds. The number of likely N-dealkylation sites (N-methyl/N-ethyl adjacent to an activating group) is 1. The fraction of sp³-hybridized carbons (Fsp3) is 1.00. The van der Waals surface area contributed by atoms with Gasteiger partial charge in [0.15, 0.2) is 0 Å². The molecule has 2 unspecified atom stereocenters. The Kier molecular flexibility index (Phi) is 6.17. The molecule has 15 heavy (non-hydrogen) atoms. The lowest BCUT2D eigenvalue weighted by molar-refractivity contribution is -0.0475. The first-order valence-electron chi connectivity index (χ1n) is 5.75. The van der Waals surface area contributed by atoms with Crippen LogP contribution in [0.2, 0.25) is 0 Å². The topological polar surface area (TPSA) is 41.9 Å². The number of hydrogen-bond donors (Lipinski definition) is 1. The van der Waals surface area contributed by atoms with Crippen molar-refractivity contribution >= 4 is 0 Å². The van der Waals surface area contributed by atoms with E-state index >= 15 is 0 Å². The minimum absolute atomic E-state index is 0.199. The van der Waals surface area contributed by atoms with Crippen molar-refractivity contribution in [3.05, 3.63) is 0 Å². The first-order chi connectivity index (χ1) is 7.27. The van der Waals surface area contributed by atoms with Crippen LogP contribution >= 0.6 is 0 Å². The van der Waals surface area contributed by atoms with Gasteiger partial charge in [-0.3, -0.25) is 0 Å². The Labute approximate surface area is 92.2 Å². The van der Waals surface area contributed by atoms with E-state index in [9.17, 15) is 5.11 Å². The second-order valence-electron chi connectivity index (χ2n) is 4.08. The average molecular weight is 217 g/mol. The Morgan fingerprint density at radius 2 is 2.33 bits per heavy atom. The van der Waals surface area contributed by atoms with E-state index in [0.29, 0.717) is 13.2 Å². The standard InChI is InChI=1S/C11H23NO3/c1-3-12(5-7-14-2)8-10-9-15-6-4-11(10)13/h10-11,13H,3-9H2,1-2H3. The minimum atomic E-state index is -0.199. The Balaban J connectivity index is 2.29. The molecule has 0 aromatic rings. The van der Waals surface area contributed by atoms with Crippen LogP contribution in [0.5, 0.6) is 0 Å². The summed E-state index contributed by atoms with van der Waals surface area (Å²) >= 11 is 0. The van der Waals surface area contributed by atoms with E-state index < -0.39 is 0 Å². The number of ether oxygens (including phenoxy) is 2. The van der Waals surface area contributed by atoms with Gasteiger partial charge in [-0.25, -0.2) is 0 Å². The zero-order chi connectivity index (χ0) is 11.1. The zero-order valence-corrected chi connectivity index (χ0v) is 9.82. The molecule has 0 aliphatic carbocycles. The monoisotopic (exact) mass is 217 g/mol. The maximum absolute atomic E-state index is 9.80. The highest BCUT2D eigenvalue weighted by Crippen LogP contribution is 2.15. The summed E-state index contributed by atoms with van der Waals surface area (Å²) < 4.78 is 10.4. The van der Waals surface area contributed by atoms with Gasteiger partial charge < -0.3 is 19.5 Å². The summed E-state index contributed by atoms with van der Waals surface area (Å²) in [7, 11) is 1.71. The molecule has 0 aromatic carbocycles. The molecule has 0 radical (unpaired) electrons. The molecule has 0 bridgehead atoms. The Hall–Kier alpha value is -0.160. The summed E-state index contributed by atoms with van der Waals surface area (Å²) in [4.78, 5) is 2.30. The number of nitrogens with zero attached hydrogens (tertiary/aromatic N) is 1. The van der Waals surface area contributed by atoms with E-state index in [2.05, 4.69) is 11.8 Å². The number of aliphatic hydroxyl groups is 1. The lowest BCUT2D eigenvalue weighted by atomic mass is 9.98. The maximum atomic E-state index is 9.80. The van der Waals surface area contributed by atoms with Crippen LogP contribution in [-0.2, 0) is 9.47 Å². The molecular weight excluding hydrogens is 194 g/mol. The third kappa shape index (κ3) is 4.47. The second kappa shape index (κ2) is 7.17. The third-order valence-corrected chi connectivity index (χ3v) is 2.99. The minimum Gasteiger partial charge on any atom is -0.393 e. The molecule has 90 valence electrons. The Morgan fingerprint density at radius 3 is 2.93 bits per heavy atom. The van der Waals surface area contributed by atoms with Crippen LogP contribution in [0.25, 0.3) is 0 Å². The molecule has 1 rings (SSSR count). The van der Waals surface area contributed by atoms with Gasteiger partial charge >= 0.3 is 0 Å². The van der Waals surface area contributed by atoms with Crippen molar-refractivity contribution in [2.75, 3.05) is 46.6 Å². The fourth-order valence-electron chi connectivity index (χ4n) is 1.89. The molecule has 0 aromatic heterocycles. The summed E-state index contributed by atoms with van der Waals surface area (Å²) in [6, 6.07) is 0. The molecule has 4 nitrogen and oxygen atoms in total. The van der Waals surface area contributed by atoms with E-state index in [1.165, 1.54) is 0 Å². The summed E-state index contributed by atoms with van der Waals surface area (Å²) in [5.74, 6) is 0.260. The number of aliphatic hydroxyl groups excluding tert-OH is 1. The normalized spacial score (nSPS) is 27.2. The molecule has 1 heterocycles. The molecule has 1 N–H and O–H groups in total. The molecule has 2 atom stereocenters. The van der Waals surface area contributed by atoms with Crippen LogP contribution in [0.1, 0.15) is 13.3 Å². The van der Waals surface area contributed by atoms with Gasteiger partial charge in [0, 0.05) is 32.7 Å². The van der Waals surface area contributed by atoms with E-state index in [0.717, 1.165) is 32.7 Å². The van der Waals surface area contributed by atoms with Crippen LogP contribution in [0.4, 0.5) is 0 Å². The summed E-state index contributed by atoms with van der Waals surface area (Å²) in [6.45, 7) is 7.08. The molecule has 1 aliphatic rings. The number of rotatable bonds is 6. The van der Waals surface area contributed by atoms with E-state index in [1.54, 1.807) is 7.11 Å². The highest BCUT2D eigenvalue weighted by Gasteiger charge is 2.25. The lowest BCUT2D eigenvalue weighted by Gasteiger charge is -2.32. The largest absolute Gasteiger partial charge is 0.393 e. The predicted molar refractivity (Wildman–Crippen MR) is 58.9 cm³/mol. The van der Waals surface area contributed by atoms with Crippen LogP contribution < -0.4 is 0 Å². The van der Waals surface area contributed by atoms with Gasteiger partial charge in [0.2, 0.25) is 0 Å². The highest BCUT2D eigenvalue weighted by atomic mass is 16.5. The van der Waals surface area contributed by atoms with Crippen molar-refractivity contribution in [2.45, 2.75) is 19.4 Å². The average Bonchev–Trinajstić information content (AvgIpc) is 2.26. The molecule has 0 saturated carbocycles. The van der Waals surface area contributed by atoms with Crippen molar-refractivity contribution in [2.24, 2.45) is 5.92 Å². The Bertz CT molecular complexity index is 166. The van der Waals surface area contributed by atoms with Gasteiger partial charge in [0.05, 0.1) is 19.3 Å². The predicted octanol–water partition coefficient (Wildman–Crippen LogP) is 0.352. The van der Waals surface area contributed by atoms with Gasteiger partial charge in [-0.1, -0.05) is 6.92 Å². The van der Waals surface area contributed by atoms with Gasteiger partial charge in [-0.2, -0.15) is 0 Å². The van der Waals surface area contributed by atoms with Crippen LogP contribution in [0, 0.1) is 5.92 Å². The SMILES string of the molecule is CCN(CCOC)CC1COCCC1O. The fourth-order valence-corrected chi connectivity index (χ4v) is 1.89. The summed E-state index contributed by atoms with van der Waals surface area (Å²) in [5.41, 5.74) is 0. The number of methoxy groups -OCH3 is 1. The van der Waals surface area contributed by atoms with Gasteiger partial charge in [0.1, 0.15) is 0 Å². The van der Waals surface area contributed by atoms with Crippen LogP contribution in [0.3, 0.4) is 0 Å². The molecular formula is C11H23NO3. The molecule has 1 saturated heterocycles. The van der Waals surface area contributed by atoms with Crippen molar-refractivity contribution in [1.29, 1.82) is 0 Å². The summed E-state index contributed by atoms with van der Waals surface area (Å²) in [6.07, 6.45) is 0.572. The van der Waals surface area contributed by atoms with Crippen molar-refractivity contribution in [3.8, 4) is 0 Å².